The van der Waals surface area contributed by atoms with Crippen molar-refractivity contribution in [3.8, 4) is 0 Å². The van der Waals surface area contributed by atoms with Crippen LogP contribution in [0.25, 0.3) is 0 Å². The minimum atomic E-state index is -4.68. The van der Waals surface area contributed by atoms with E-state index >= 15 is 0 Å². The van der Waals surface area contributed by atoms with Gasteiger partial charge in [-0.05, 0) is 19.3 Å². The molecule has 17 heavy (non-hydrogen) atoms. The number of hydrogen-bond donors (Lipinski definition) is 0. The first-order valence-electron chi connectivity index (χ1n) is 5.31. The van der Waals surface area contributed by atoms with Gasteiger partial charge in [-0.15, -0.1) is 0 Å². The molecular formula is C10H11F3N2O2. The summed E-state index contributed by atoms with van der Waals surface area (Å²) in [6.07, 6.45) is -1.21. The van der Waals surface area contributed by atoms with Crippen LogP contribution < -0.4 is 0 Å². The summed E-state index contributed by atoms with van der Waals surface area (Å²) in [4.78, 5) is 13.3. The van der Waals surface area contributed by atoms with Crippen LogP contribution in [0.4, 0.5) is 13.2 Å². The van der Waals surface area contributed by atoms with E-state index in [1.165, 1.54) is 4.90 Å². The molecule has 4 nitrogen and oxygen atoms in total. The number of carbonyl (C=O) groups is 1. The zero-order chi connectivity index (χ0) is 12.5. The van der Waals surface area contributed by atoms with Crippen LogP contribution in [0, 0.1) is 0 Å². The van der Waals surface area contributed by atoms with Crippen LogP contribution in [-0.2, 0) is 6.18 Å². The van der Waals surface area contributed by atoms with Gasteiger partial charge in [0.15, 0.2) is 0 Å². The first kappa shape index (κ1) is 11.9. The Balaban J connectivity index is 2.22. The van der Waals surface area contributed by atoms with E-state index in [9.17, 15) is 18.0 Å². The third kappa shape index (κ3) is 2.42. The minimum absolute atomic E-state index is 0.487. The third-order valence-electron chi connectivity index (χ3n) is 2.70. The third-order valence-corrected chi connectivity index (χ3v) is 2.70. The minimum Gasteiger partial charge on any atom is -0.351 e. The monoisotopic (exact) mass is 248 g/mol. The fourth-order valence-corrected chi connectivity index (χ4v) is 1.86. The van der Waals surface area contributed by atoms with Crippen LogP contribution in [0.3, 0.4) is 0 Å². The van der Waals surface area contributed by atoms with Crippen LogP contribution >= 0.6 is 0 Å². The molecule has 0 N–H and O–H groups in total. The van der Waals surface area contributed by atoms with E-state index in [-0.39, 0.29) is 0 Å². The van der Waals surface area contributed by atoms with Crippen molar-refractivity contribution in [2.45, 2.75) is 25.4 Å². The van der Waals surface area contributed by atoms with Crippen molar-refractivity contribution in [1.29, 1.82) is 0 Å². The number of rotatable bonds is 1. The lowest BCUT2D eigenvalue weighted by Gasteiger charge is -2.26. The Morgan fingerprint density at radius 2 is 1.94 bits per heavy atom. The molecule has 0 unspecified atom stereocenters. The normalized spacial score (nSPS) is 17.2. The molecule has 0 aromatic carbocycles. The lowest BCUT2D eigenvalue weighted by Crippen LogP contribution is -2.36. The summed E-state index contributed by atoms with van der Waals surface area (Å²) in [5.74, 6) is -1.97. The molecular weight excluding hydrogens is 237 g/mol. The fraction of sp³-hybridized carbons (Fsp3) is 0.600. The average Bonchev–Trinajstić information content (AvgIpc) is 2.78. The van der Waals surface area contributed by atoms with Crippen LogP contribution in [-0.4, -0.2) is 29.1 Å². The van der Waals surface area contributed by atoms with Crippen molar-refractivity contribution in [3.05, 3.63) is 17.5 Å². The Kier molecular flexibility index (Phi) is 3.08. The van der Waals surface area contributed by atoms with Gasteiger partial charge in [0.05, 0.1) is 6.20 Å². The summed E-state index contributed by atoms with van der Waals surface area (Å²) in [6.45, 7) is 0.975. The molecule has 1 saturated heterocycles. The quantitative estimate of drug-likeness (QED) is 0.766. The van der Waals surface area contributed by atoms with Crippen LogP contribution in [0.15, 0.2) is 10.7 Å². The number of alkyl halides is 3. The number of aromatic nitrogens is 1. The predicted octanol–water partition coefficient (Wildman–Crippen LogP) is 2.32. The van der Waals surface area contributed by atoms with E-state index in [1.54, 1.807) is 0 Å². The lowest BCUT2D eigenvalue weighted by molar-refractivity contribution is -0.156. The molecule has 7 heteroatoms. The molecule has 0 saturated carbocycles. The van der Waals surface area contributed by atoms with Gasteiger partial charge in [-0.3, -0.25) is 4.79 Å². The molecule has 1 aliphatic rings. The maximum Gasteiger partial charge on any atom is 0.453 e. The highest BCUT2D eigenvalue weighted by Gasteiger charge is 2.41. The molecule has 0 spiro atoms. The van der Waals surface area contributed by atoms with Crippen molar-refractivity contribution in [1.82, 2.24) is 10.1 Å². The Labute approximate surface area is 95.4 Å². The Morgan fingerprint density at radius 3 is 2.53 bits per heavy atom. The van der Waals surface area contributed by atoms with E-state index in [1.807, 2.05) is 0 Å². The molecule has 2 rings (SSSR count). The number of amides is 1. The maximum atomic E-state index is 12.5. The van der Waals surface area contributed by atoms with Gasteiger partial charge < -0.3 is 9.42 Å². The summed E-state index contributed by atoms with van der Waals surface area (Å²) >= 11 is 0. The van der Waals surface area contributed by atoms with Crippen molar-refractivity contribution in [2.24, 2.45) is 0 Å². The van der Waals surface area contributed by atoms with Gasteiger partial charge in [0.25, 0.3) is 11.7 Å². The molecule has 1 aromatic rings. The first-order valence-corrected chi connectivity index (χ1v) is 5.31. The predicted molar refractivity (Wildman–Crippen MR) is 51.3 cm³/mol. The summed E-state index contributed by atoms with van der Waals surface area (Å²) < 4.78 is 41.6. The maximum absolute atomic E-state index is 12.5. The molecule has 1 fully saturated rings. The summed E-state index contributed by atoms with van der Waals surface area (Å²) in [7, 11) is 0. The van der Waals surface area contributed by atoms with Gasteiger partial charge in [-0.1, -0.05) is 5.16 Å². The molecule has 0 atom stereocenters. The largest absolute Gasteiger partial charge is 0.453 e. The highest BCUT2D eigenvalue weighted by Crippen LogP contribution is 2.32. The van der Waals surface area contributed by atoms with Crippen LogP contribution in [0.2, 0.25) is 0 Å². The second-order valence-electron chi connectivity index (χ2n) is 3.92. The molecule has 0 aliphatic carbocycles. The number of halogens is 3. The standard InChI is InChI=1S/C10H11F3N2O2/c11-10(12,13)8-7(6-14-17-8)9(16)15-4-2-1-3-5-15/h6H,1-5H2. The highest BCUT2D eigenvalue weighted by molar-refractivity contribution is 5.95. The van der Waals surface area contributed by atoms with Crippen LogP contribution in [0.5, 0.6) is 0 Å². The van der Waals surface area contributed by atoms with Crippen molar-refractivity contribution in [3.63, 3.8) is 0 Å². The van der Waals surface area contributed by atoms with E-state index < -0.39 is 23.4 Å². The average molecular weight is 248 g/mol. The first-order chi connectivity index (χ1) is 8.00. The summed E-state index contributed by atoms with van der Waals surface area (Å²) in [5, 5.41) is 3.06. The molecule has 94 valence electrons. The number of piperidine rings is 1. The van der Waals surface area contributed by atoms with E-state index in [2.05, 4.69) is 9.68 Å². The topological polar surface area (TPSA) is 46.3 Å². The van der Waals surface area contributed by atoms with Gasteiger partial charge >= 0.3 is 6.18 Å². The number of hydrogen-bond acceptors (Lipinski definition) is 3. The SMILES string of the molecule is O=C(c1cnoc1C(F)(F)F)N1CCCCC1. The van der Waals surface area contributed by atoms with Gasteiger partial charge in [0.2, 0.25) is 0 Å². The fourth-order valence-electron chi connectivity index (χ4n) is 1.86. The smallest absolute Gasteiger partial charge is 0.351 e. The Morgan fingerprint density at radius 1 is 1.29 bits per heavy atom. The van der Waals surface area contributed by atoms with Gasteiger partial charge in [0.1, 0.15) is 5.56 Å². The second-order valence-corrected chi connectivity index (χ2v) is 3.92. The molecule has 0 bridgehead atoms. The Hall–Kier alpha value is -1.53. The zero-order valence-corrected chi connectivity index (χ0v) is 8.96. The summed E-state index contributed by atoms with van der Waals surface area (Å²) in [6, 6.07) is 0. The highest BCUT2D eigenvalue weighted by atomic mass is 19.4. The van der Waals surface area contributed by atoms with E-state index in [4.69, 9.17) is 0 Å². The zero-order valence-electron chi connectivity index (χ0n) is 8.96. The summed E-state index contributed by atoms with van der Waals surface area (Å²) in [5.41, 5.74) is -0.501. The molecule has 2 heterocycles. The Bertz CT molecular complexity index is 408. The van der Waals surface area contributed by atoms with Crippen LogP contribution in [0.1, 0.15) is 35.4 Å². The van der Waals surface area contributed by atoms with Crippen molar-refractivity contribution < 1.29 is 22.5 Å². The van der Waals surface area contributed by atoms with Gasteiger partial charge in [-0.2, -0.15) is 13.2 Å². The number of nitrogens with zero attached hydrogens (tertiary/aromatic N) is 2. The molecule has 0 radical (unpaired) electrons. The van der Waals surface area contributed by atoms with Gasteiger partial charge in [-0.25, -0.2) is 0 Å². The lowest BCUT2D eigenvalue weighted by atomic mass is 10.1. The molecule has 1 aliphatic heterocycles. The molecule has 1 amide bonds. The second kappa shape index (κ2) is 4.38. The van der Waals surface area contributed by atoms with Crippen molar-refractivity contribution in [2.75, 3.05) is 13.1 Å². The number of carbonyl (C=O) groups excluding carboxylic acids is 1. The van der Waals surface area contributed by atoms with Gasteiger partial charge in [0, 0.05) is 13.1 Å². The van der Waals surface area contributed by atoms with E-state index in [0.29, 0.717) is 13.1 Å². The van der Waals surface area contributed by atoms with Crippen molar-refractivity contribution >= 4 is 5.91 Å². The molecule has 1 aromatic heterocycles. The number of likely N-dealkylation sites (tertiary alicyclic amines) is 1. The van der Waals surface area contributed by atoms with E-state index in [0.717, 1.165) is 25.5 Å².